The monoisotopic (exact) mass is 298 g/mol. The summed E-state index contributed by atoms with van der Waals surface area (Å²) in [6.07, 6.45) is 2.42. The van der Waals surface area contributed by atoms with E-state index >= 15 is 0 Å². The number of methoxy groups -OCH3 is 1. The molecule has 1 atom stereocenters. The summed E-state index contributed by atoms with van der Waals surface area (Å²) in [5, 5.41) is 2.94. The number of nitrogens with zero attached hydrogens (tertiary/aromatic N) is 1. The molecule has 0 heterocycles. The SMILES string of the molecule is C=C(CCN(CCC)C(C)COC)CC(=O)NCC(C)C. The summed E-state index contributed by atoms with van der Waals surface area (Å²) in [6.45, 7) is 16.0. The summed E-state index contributed by atoms with van der Waals surface area (Å²) in [5.74, 6) is 0.567. The van der Waals surface area contributed by atoms with Crippen molar-refractivity contribution in [2.75, 3.05) is 33.4 Å². The molecule has 4 heteroatoms. The van der Waals surface area contributed by atoms with Crippen molar-refractivity contribution in [3.05, 3.63) is 12.2 Å². The van der Waals surface area contributed by atoms with Gasteiger partial charge in [-0.25, -0.2) is 0 Å². The first-order valence-electron chi connectivity index (χ1n) is 8.07. The van der Waals surface area contributed by atoms with E-state index in [1.54, 1.807) is 7.11 Å². The van der Waals surface area contributed by atoms with Crippen LogP contribution >= 0.6 is 0 Å². The quantitative estimate of drug-likeness (QED) is 0.563. The fourth-order valence-corrected chi connectivity index (χ4v) is 2.18. The van der Waals surface area contributed by atoms with E-state index in [9.17, 15) is 4.79 Å². The van der Waals surface area contributed by atoms with Gasteiger partial charge in [-0.05, 0) is 32.2 Å². The lowest BCUT2D eigenvalue weighted by molar-refractivity contribution is -0.120. The number of hydrogen-bond acceptors (Lipinski definition) is 3. The Morgan fingerprint density at radius 2 is 1.95 bits per heavy atom. The van der Waals surface area contributed by atoms with Gasteiger partial charge in [-0.2, -0.15) is 0 Å². The van der Waals surface area contributed by atoms with E-state index in [0.717, 1.165) is 44.7 Å². The minimum atomic E-state index is 0.0840. The largest absolute Gasteiger partial charge is 0.383 e. The maximum absolute atomic E-state index is 11.8. The summed E-state index contributed by atoms with van der Waals surface area (Å²) in [7, 11) is 1.73. The van der Waals surface area contributed by atoms with Crippen LogP contribution in [0.15, 0.2) is 12.2 Å². The van der Waals surface area contributed by atoms with Crippen LogP contribution in [0.3, 0.4) is 0 Å². The van der Waals surface area contributed by atoms with E-state index < -0.39 is 0 Å². The van der Waals surface area contributed by atoms with E-state index in [1.165, 1.54) is 0 Å². The summed E-state index contributed by atoms with van der Waals surface area (Å²) in [5.41, 5.74) is 1.00. The minimum absolute atomic E-state index is 0.0840. The van der Waals surface area contributed by atoms with Crippen molar-refractivity contribution in [1.82, 2.24) is 10.2 Å². The fraction of sp³-hybridized carbons (Fsp3) is 0.824. The molecule has 0 bridgehead atoms. The Hall–Kier alpha value is -0.870. The van der Waals surface area contributed by atoms with Crippen LogP contribution in [-0.4, -0.2) is 50.2 Å². The molecule has 0 aromatic heterocycles. The zero-order chi connectivity index (χ0) is 16.3. The topological polar surface area (TPSA) is 41.6 Å². The lowest BCUT2D eigenvalue weighted by atomic mass is 10.1. The number of amides is 1. The highest BCUT2D eigenvalue weighted by atomic mass is 16.5. The first-order chi connectivity index (χ1) is 9.90. The smallest absolute Gasteiger partial charge is 0.224 e. The predicted octanol–water partition coefficient (Wildman–Crippen LogP) is 2.84. The molecular weight excluding hydrogens is 264 g/mol. The van der Waals surface area contributed by atoms with Crippen LogP contribution in [0.4, 0.5) is 0 Å². The van der Waals surface area contributed by atoms with Gasteiger partial charge < -0.3 is 10.1 Å². The molecular formula is C17H34N2O2. The van der Waals surface area contributed by atoms with Crippen molar-refractivity contribution < 1.29 is 9.53 Å². The van der Waals surface area contributed by atoms with E-state index in [-0.39, 0.29) is 5.91 Å². The van der Waals surface area contributed by atoms with Gasteiger partial charge in [-0.3, -0.25) is 9.69 Å². The maximum atomic E-state index is 11.8. The molecule has 0 rings (SSSR count). The highest BCUT2D eigenvalue weighted by molar-refractivity contribution is 5.78. The van der Waals surface area contributed by atoms with Crippen molar-refractivity contribution in [3.63, 3.8) is 0 Å². The Balaban J connectivity index is 4.09. The molecule has 0 aliphatic rings. The van der Waals surface area contributed by atoms with Crippen molar-refractivity contribution in [2.45, 2.75) is 53.0 Å². The minimum Gasteiger partial charge on any atom is -0.383 e. The molecule has 1 N–H and O–H groups in total. The van der Waals surface area contributed by atoms with Crippen molar-refractivity contribution in [2.24, 2.45) is 5.92 Å². The first-order valence-corrected chi connectivity index (χ1v) is 8.07. The third-order valence-electron chi connectivity index (χ3n) is 3.41. The van der Waals surface area contributed by atoms with Gasteiger partial charge in [0.25, 0.3) is 0 Å². The second-order valence-electron chi connectivity index (χ2n) is 6.22. The van der Waals surface area contributed by atoms with Crippen molar-refractivity contribution in [3.8, 4) is 0 Å². The molecule has 4 nitrogen and oxygen atoms in total. The Labute approximate surface area is 130 Å². The van der Waals surface area contributed by atoms with Crippen molar-refractivity contribution in [1.29, 1.82) is 0 Å². The molecule has 0 aromatic carbocycles. The molecule has 1 amide bonds. The Bertz CT molecular complexity index is 303. The molecule has 0 fully saturated rings. The van der Waals surface area contributed by atoms with Crippen LogP contribution in [-0.2, 0) is 9.53 Å². The molecule has 1 unspecified atom stereocenters. The van der Waals surface area contributed by atoms with Gasteiger partial charge in [-0.15, -0.1) is 0 Å². The van der Waals surface area contributed by atoms with Crippen LogP contribution in [0.25, 0.3) is 0 Å². The number of nitrogens with one attached hydrogen (secondary N) is 1. The van der Waals surface area contributed by atoms with Crippen molar-refractivity contribution >= 4 is 5.91 Å². The average Bonchev–Trinajstić information content (AvgIpc) is 2.41. The first kappa shape index (κ1) is 20.1. The third-order valence-corrected chi connectivity index (χ3v) is 3.41. The highest BCUT2D eigenvalue weighted by Crippen LogP contribution is 2.09. The Morgan fingerprint density at radius 1 is 1.29 bits per heavy atom. The van der Waals surface area contributed by atoms with E-state index in [4.69, 9.17) is 4.74 Å². The summed E-state index contributed by atoms with van der Waals surface area (Å²) < 4.78 is 5.23. The number of carbonyl (C=O) groups is 1. The zero-order valence-electron chi connectivity index (χ0n) is 14.6. The number of carbonyl (C=O) groups excluding carboxylic acids is 1. The molecule has 0 spiro atoms. The van der Waals surface area contributed by atoms with Crippen LogP contribution < -0.4 is 5.32 Å². The molecule has 0 aliphatic carbocycles. The molecule has 124 valence electrons. The normalized spacial score (nSPS) is 12.7. The average molecular weight is 298 g/mol. The number of rotatable bonds is 12. The molecule has 0 saturated heterocycles. The summed E-state index contributed by atoms with van der Waals surface area (Å²) >= 11 is 0. The molecule has 0 saturated carbocycles. The van der Waals surface area contributed by atoms with Gasteiger partial charge in [-0.1, -0.05) is 32.9 Å². The van der Waals surface area contributed by atoms with Crippen LogP contribution in [0.1, 0.15) is 47.0 Å². The van der Waals surface area contributed by atoms with E-state index in [0.29, 0.717) is 18.4 Å². The molecule has 0 radical (unpaired) electrons. The Kier molecular flexibility index (Phi) is 11.3. The second-order valence-corrected chi connectivity index (χ2v) is 6.22. The lowest BCUT2D eigenvalue weighted by Gasteiger charge is -2.28. The molecule has 21 heavy (non-hydrogen) atoms. The zero-order valence-corrected chi connectivity index (χ0v) is 14.6. The maximum Gasteiger partial charge on any atom is 0.224 e. The van der Waals surface area contributed by atoms with Crippen LogP contribution in [0.2, 0.25) is 0 Å². The van der Waals surface area contributed by atoms with E-state index in [2.05, 4.69) is 44.5 Å². The standard InChI is InChI=1S/C17H34N2O2/c1-7-9-19(16(5)13-21-6)10-8-15(4)11-17(20)18-12-14(2)3/h14,16H,4,7-13H2,1-3,5-6H3,(H,18,20). The second kappa shape index (κ2) is 11.8. The molecule has 0 aliphatic heterocycles. The predicted molar refractivity (Wildman–Crippen MR) is 89.4 cm³/mol. The van der Waals surface area contributed by atoms with E-state index in [1.807, 2.05) is 0 Å². The number of hydrogen-bond donors (Lipinski definition) is 1. The van der Waals surface area contributed by atoms with Gasteiger partial charge in [0, 0.05) is 32.7 Å². The third kappa shape index (κ3) is 10.5. The van der Waals surface area contributed by atoms with Crippen LogP contribution in [0, 0.1) is 5.92 Å². The fourth-order valence-electron chi connectivity index (χ4n) is 2.18. The lowest BCUT2D eigenvalue weighted by Crippen LogP contribution is -2.37. The van der Waals surface area contributed by atoms with Gasteiger partial charge in [0.15, 0.2) is 0 Å². The highest BCUT2D eigenvalue weighted by Gasteiger charge is 2.13. The Morgan fingerprint density at radius 3 is 2.48 bits per heavy atom. The van der Waals surface area contributed by atoms with Crippen LogP contribution in [0.5, 0.6) is 0 Å². The van der Waals surface area contributed by atoms with Gasteiger partial charge >= 0.3 is 0 Å². The van der Waals surface area contributed by atoms with Gasteiger partial charge in [0.2, 0.25) is 5.91 Å². The molecule has 0 aromatic rings. The number of ether oxygens (including phenoxy) is 1. The summed E-state index contributed by atoms with van der Waals surface area (Å²) in [4.78, 5) is 14.2. The summed E-state index contributed by atoms with van der Waals surface area (Å²) in [6, 6.07) is 0.400. The van der Waals surface area contributed by atoms with Gasteiger partial charge in [0.1, 0.15) is 0 Å². The van der Waals surface area contributed by atoms with Gasteiger partial charge in [0.05, 0.1) is 6.61 Å².